The third-order valence-corrected chi connectivity index (χ3v) is 6.41. The summed E-state index contributed by atoms with van der Waals surface area (Å²) < 4.78 is 25.3. The van der Waals surface area contributed by atoms with E-state index < -0.39 is 5.97 Å². The topological polar surface area (TPSA) is 94.5 Å². The number of hydrogen-bond acceptors (Lipinski definition) is 6. The van der Waals surface area contributed by atoms with Gasteiger partial charge in [0.25, 0.3) is 0 Å². The quantitative estimate of drug-likeness (QED) is 0.243. The summed E-state index contributed by atoms with van der Waals surface area (Å²) in [5.41, 5.74) is 3.86. The number of rotatable bonds is 12. The van der Waals surface area contributed by atoms with Gasteiger partial charge in [-0.05, 0) is 49.1 Å². The zero-order valence-corrected chi connectivity index (χ0v) is 22.4. The smallest absolute Gasteiger partial charge is 0.356 e. The maximum absolute atomic E-state index is 13.3. The van der Waals surface area contributed by atoms with Gasteiger partial charge in [-0.25, -0.2) is 14.2 Å². The average molecular weight is 533 g/mol. The van der Waals surface area contributed by atoms with Crippen molar-refractivity contribution in [3.8, 4) is 0 Å². The molecular formula is C30H33FN4O4. The van der Waals surface area contributed by atoms with Crippen LogP contribution in [-0.2, 0) is 33.7 Å². The van der Waals surface area contributed by atoms with Crippen molar-refractivity contribution in [2.45, 2.75) is 38.8 Å². The van der Waals surface area contributed by atoms with Gasteiger partial charge in [-0.2, -0.15) is 0 Å². The van der Waals surface area contributed by atoms with E-state index in [1.165, 1.54) is 19.2 Å². The Morgan fingerprint density at radius 2 is 1.79 bits per heavy atom. The van der Waals surface area contributed by atoms with Crippen LogP contribution in [0.2, 0.25) is 0 Å². The zero-order chi connectivity index (χ0) is 27.8. The Bertz CT molecular complexity index is 1420. The number of esters is 1. The molecule has 0 saturated carbocycles. The minimum Gasteiger partial charge on any atom is -0.464 e. The molecule has 39 heavy (non-hydrogen) atoms. The van der Waals surface area contributed by atoms with Gasteiger partial charge in [0.15, 0.2) is 5.69 Å². The van der Waals surface area contributed by atoms with Gasteiger partial charge in [0, 0.05) is 31.5 Å². The Morgan fingerprint density at radius 1 is 1.05 bits per heavy atom. The van der Waals surface area contributed by atoms with Crippen LogP contribution in [0.25, 0.3) is 11.0 Å². The standard InChI is InChI=1S/C30H33FN4O4/c1-20(17-22-9-12-23(31)13-10-22)33-24-18-25-27(34-26(36)14-11-21-7-5-4-6-8-21)28(30(37)39-3)35(15-16-38-2)29(25)32-19-24/h4-10,12-13,18-20,33H,11,14-17H2,1-3H3,(H,34,36)/t20-/m1/s1. The number of nitrogens with zero attached hydrogens (tertiary/aromatic N) is 2. The summed E-state index contributed by atoms with van der Waals surface area (Å²) >= 11 is 0. The summed E-state index contributed by atoms with van der Waals surface area (Å²) in [5.74, 6) is -1.08. The van der Waals surface area contributed by atoms with Gasteiger partial charge in [-0.1, -0.05) is 42.5 Å². The van der Waals surface area contributed by atoms with Crippen molar-refractivity contribution in [3.63, 3.8) is 0 Å². The molecule has 0 spiro atoms. The molecular weight excluding hydrogens is 499 g/mol. The zero-order valence-electron chi connectivity index (χ0n) is 22.4. The van der Waals surface area contributed by atoms with Crippen LogP contribution in [0.4, 0.5) is 15.8 Å². The largest absolute Gasteiger partial charge is 0.464 e. The second-order valence-corrected chi connectivity index (χ2v) is 9.36. The summed E-state index contributed by atoms with van der Waals surface area (Å²) in [4.78, 5) is 30.6. The molecule has 0 aliphatic heterocycles. The number of amides is 1. The van der Waals surface area contributed by atoms with E-state index in [9.17, 15) is 14.0 Å². The van der Waals surface area contributed by atoms with Crippen LogP contribution in [0.1, 0.15) is 35.0 Å². The highest BCUT2D eigenvalue weighted by Gasteiger charge is 2.26. The maximum atomic E-state index is 13.3. The van der Waals surface area contributed by atoms with Crippen molar-refractivity contribution in [1.29, 1.82) is 0 Å². The number of benzene rings is 2. The first-order valence-electron chi connectivity index (χ1n) is 12.8. The molecule has 0 unspecified atom stereocenters. The number of aryl methyl sites for hydroxylation is 1. The molecule has 8 nitrogen and oxygen atoms in total. The van der Waals surface area contributed by atoms with Crippen LogP contribution in [0.15, 0.2) is 66.9 Å². The maximum Gasteiger partial charge on any atom is 0.356 e. The predicted octanol–water partition coefficient (Wildman–Crippen LogP) is 5.22. The van der Waals surface area contributed by atoms with Gasteiger partial charge in [0.2, 0.25) is 5.91 Å². The minimum absolute atomic E-state index is 0.00859. The van der Waals surface area contributed by atoms with E-state index in [1.807, 2.05) is 43.3 Å². The van der Waals surface area contributed by atoms with Crippen molar-refractivity contribution in [3.05, 3.63) is 89.5 Å². The van der Waals surface area contributed by atoms with Crippen molar-refractivity contribution >= 4 is 34.3 Å². The van der Waals surface area contributed by atoms with E-state index in [0.717, 1.165) is 16.8 Å². The Labute approximate surface area is 227 Å². The molecule has 1 atom stereocenters. The number of hydrogen-bond donors (Lipinski definition) is 2. The van der Waals surface area contributed by atoms with Crippen molar-refractivity contribution in [2.75, 3.05) is 31.5 Å². The van der Waals surface area contributed by atoms with Crippen LogP contribution in [0.5, 0.6) is 0 Å². The van der Waals surface area contributed by atoms with Crippen LogP contribution in [0, 0.1) is 5.82 Å². The van der Waals surface area contributed by atoms with Crippen molar-refractivity contribution in [2.24, 2.45) is 0 Å². The summed E-state index contributed by atoms with van der Waals surface area (Å²) in [6, 6.07) is 18.0. The number of anilines is 2. The van der Waals surface area contributed by atoms with Gasteiger partial charge >= 0.3 is 5.97 Å². The molecule has 0 aliphatic carbocycles. The molecule has 0 bridgehead atoms. The fourth-order valence-corrected chi connectivity index (χ4v) is 4.55. The molecule has 2 N–H and O–H groups in total. The Morgan fingerprint density at radius 3 is 2.49 bits per heavy atom. The highest BCUT2D eigenvalue weighted by atomic mass is 19.1. The van der Waals surface area contributed by atoms with Gasteiger partial charge in [0.05, 0.1) is 31.3 Å². The van der Waals surface area contributed by atoms with Crippen LogP contribution < -0.4 is 10.6 Å². The number of aromatic nitrogens is 2. The number of nitrogens with one attached hydrogen (secondary N) is 2. The number of fused-ring (bicyclic) bond motifs is 1. The fourth-order valence-electron chi connectivity index (χ4n) is 4.55. The number of ether oxygens (including phenoxy) is 2. The lowest BCUT2D eigenvalue weighted by Gasteiger charge is -2.15. The first-order chi connectivity index (χ1) is 18.9. The Hall–Kier alpha value is -4.24. The minimum atomic E-state index is -0.582. The number of pyridine rings is 1. The number of carbonyl (C=O) groups is 2. The van der Waals surface area contributed by atoms with E-state index in [2.05, 4.69) is 15.6 Å². The van der Waals surface area contributed by atoms with E-state index in [0.29, 0.717) is 42.7 Å². The molecule has 0 aliphatic rings. The van der Waals surface area contributed by atoms with E-state index in [1.54, 1.807) is 30.0 Å². The Balaban J connectivity index is 1.65. The molecule has 9 heteroatoms. The first-order valence-corrected chi connectivity index (χ1v) is 12.8. The average Bonchev–Trinajstić information content (AvgIpc) is 3.24. The monoisotopic (exact) mass is 532 g/mol. The van der Waals surface area contributed by atoms with Crippen LogP contribution in [0.3, 0.4) is 0 Å². The highest BCUT2D eigenvalue weighted by Crippen LogP contribution is 2.33. The second kappa shape index (κ2) is 13.0. The molecule has 2 aromatic heterocycles. The van der Waals surface area contributed by atoms with Crippen LogP contribution in [-0.4, -0.2) is 48.3 Å². The van der Waals surface area contributed by atoms with Crippen molar-refractivity contribution in [1.82, 2.24) is 9.55 Å². The van der Waals surface area contributed by atoms with E-state index in [-0.39, 0.29) is 29.9 Å². The lowest BCUT2D eigenvalue weighted by Crippen LogP contribution is -2.18. The van der Waals surface area contributed by atoms with E-state index in [4.69, 9.17) is 9.47 Å². The summed E-state index contributed by atoms with van der Waals surface area (Å²) in [6.45, 7) is 2.70. The molecule has 4 rings (SSSR count). The molecule has 4 aromatic rings. The summed E-state index contributed by atoms with van der Waals surface area (Å²) in [6.07, 6.45) is 3.17. The van der Waals surface area contributed by atoms with Gasteiger partial charge in [-0.15, -0.1) is 0 Å². The number of halogens is 1. The van der Waals surface area contributed by atoms with Crippen LogP contribution >= 0.6 is 0 Å². The normalized spacial score (nSPS) is 11.8. The summed E-state index contributed by atoms with van der Waals surface area (Å²) in [5, 5.41) is 6.99. The number of carbonyl (C=O) groups excluding carboxylic acids is 2. The van der Waals surface area contributed by atoms with Gasteiger partial charge in [-0.3, -0.25) is 4.79 Å². The predicted molar refractivity (Wildman–Crippen MR) is 150 cm³/mol. The molecule has 2 aromatic carbocycles. The molecule has 2 heterocycles. The van der Waals surface area contributed by atoms with Crippen molar-refractivity contribution < 1.29 is 23.5 Å². The molecule has 0 fully saturated rings. The second-order valence-electron chi connectivity index (χ2n) is 9.36. The molecule has 1 amide bonds. The number of methoxy groups -OCH3 is 2. The highest BCUT2D eigenvalue weighted by molar-refractivity contribution is 6.11. The molecule has 204 valence electrons. The fraction of sp³-hybridized carbons (Fsp3) is 0.300. The lowest BCUT2D eigenvalue weighted by molar-refractivity contribution is -0.116. The van der Waals surface area contributed by atoms with Gasteiger partial charge < -0.3 is 24.7 Å². The van der Waals surface area contributed by atoms with Gasteiger partial charge in [0.1, 0.15) is 11.5 Å². The molecule has 0 saturated heterocycles. The third kappa shape index (κ3) is 7.00. The molecule has 0 radical (unpaired) electrons. The van der Waals surface area contributed by atoms with E-state index >= 15 is 0 Å². The lowest BCUT2D eigenvalue weighted by atomic mass is 10.1. The third-order valence-electron chi connectivity index (χ3n) is 6.41. The Kier molecular flexibility index (Phi) is 9.27. The summed E-state index contributed by atoms with van der Waals surface area (Å²) in [7, 11) is 2.88. The SMILES string of the molecule is COCCn1c(C(=O)OC)c(NC(=O)CCc2ccccc2)c2cc(N[C@H](C)Cc3ccc(F)cc3)cnc21. The first kappa shape index (κ1) is 27.8.